The Kier molecular flexibility index (Phi) is 3.96. The summed E-state index contributed by atoms with van der Waals surface area (Å²) in [6.45, 7) is 0.325. The molecule has 1 aliphatic heterocycles. The fourth-order valence-electron chi connectivity index (χ4n) is 2.09. The van der Waals surface area contributed by atoms with E-state index in [0.717, 1.165) is 0 Å². The summed E-state index contributed by atoms with van der Waals surface area (Å²) in [6.07, 6.45) is -2.22. The SMILES string of the molecule is O=C(NCc1ccn[nH]1)N1CCC[C@H](C(F)(F)F)C1. The number of rotatable bonds is 2. The topological polar surface area (TPSA) is 61.0 Å². The predicted octanol–water partition coefficient (Wildman–Crippen LogP) is 1.89. The number of alkyl halides is 3. The third-order valence-electron chi connectivity index (χ3n) is 3.16. The van der Waals surface area contributed by atoms with Crippen LogP contribution in [0.4, 0.5) is 18.0 Å². The summed E-state index contributed by atoms with van der Waals surface area (Å²) in [7, 11) is 0. The Morgan fingerprint density at radius 1 is 1.58 bits per heavy atom. The van der Waals surface area contributed by atoms with E-state index in [9.17, 15) is 18.0 Å². The molecule has 5 nitrogen and oxygen atoms in total. The van der Waals surface area contributed by atoms with E-state index in [0.29, 0.717) is 18.7 Å². The molecule has 0 saturated carbocycles. The van der Waals surface area contributed by atoms with E-state index in [4.69, 9.17) is 0 Å². The van der Waals surface area contributed by atoms with Gasteiger partial charge >= 0.3 is 12.2 Å². The standard InChI is InChI=1S/C11H15F3N4O/c12-11(13,14)8-2-1-5-18(7-8)10(19)15-6-9-3-4-16-17-9/h3-4,8H,1-2,5-7H2,(H,15,19)(H,16,17)/t8-/m0/s1. The fraction of sp³-hybridized carbons (Fsp3) is 0.636. The first kappa shape index (κ1) is 13.7. The summed E-state index contributed by atoms with van der Waals surface area (Å²) in [6, 6.07) is 1.22. The van der Waals surface area contributed by atoms with E-state index in [2.05, 4.69) is 15.5 Å². The predicted molar refractivity (Wildman–Crippen MR) is 61.2 cm³/mol. The summed E-state index contributed by atoms with van der Waals surface area (Å²) < 4.78 is 37.8. The molecule has 0 bridgehead atoms. The van der Waals surface area contributed by atoms with Crippen LogP contribution < -0.4 is 5.32 Å². The summed E-state index contributed by atoms with van der Waals surface area (Å²) in [5.74, 6) is -1.42. The van der Waals surface area contributed by atoms with Gasteiger partial charge in [-0.05, 0) is 18.9 Å². The van der Waals surface area contributed by atoms with Crippen LogP contribution in [0, 0.1) is 5.92 Å². The molecule has 0 spiro atoms. The number of hydrogen-bond acceptors (Lipinski definition) is 2. The van der Waals surface area contributed by atoms with E-state index in [1.54, 1.807) is 12.3 Å². The Balaban J connectivity index is 1.85. The number of H-pyrrole nitrogens is 1. The largest absolute Gasteiger partial charge is 0.393 e. The molecule has 106 valence electrons. The second kappa shape index (κ2) is 5.50. The Morgan fingerprint density at radius 3 is 3.00 bits per heavy atom. The van der Waals surface area contributed by atoms with Gasteiger partial charge in [0.25, 0.3) is 0 Å². The van der Waals surface area contributed by atoms with Crippen LogP contribution in [0.3, 0.4) is 0 Å². The number of aromatic amines is 1. The van der Waals surface area contributed by atoms with Crippen molar-refractivity contribution in [3.8, 4) is 0 Å². The van der Waals surface area contributed by atoms with Gasteiger partial charge in [-0.25, -0.2) is 4.79 Å². The molecule has 2 heterocycles. The lowest BCUT2D eigenvalue weighted by Gasteiger charge is -2.33. The molecule has 1 fully saturated rings. The highest BCUT2D eigenvalue weighted by atomic mass is 19.4. The zero-order valence-corrected chi connectivity index (χ0v) is 10.2. The number of carbonyl (C=O) groups is 1. The Hall–Kier alpha value is -1.73. The van der Waals surface area contributed by atoms with Crippen molar-refractivity contribution >= 4 is 6.03 Å². The minimum absolute atomic E-state index is 0.0911. The zero-order chi connectivity index (χ0) is 13.9. The van der Waals surface area contributed by atoms with Crippen molar-refractivity contribution in [2.24, 2.45) is 5.92 Å². The van der Waals surface area contributed by atoms with Crippen molar-refractivity contribution in [1.82, 2.24) is 20.4 Å². The Bertz CT molecular complexity index is 418. The lowest BCUT2D eigenvalue weighted by molar-refractivity contribution is -0.184. The van der Waals surface area contributed by atoms with E-state index < -0.39 is 18.1 Å². The van der Waals surface area contributed by atoms with Crippen LogP contribution in [0.25, 0.3) is 0 Å². The highest BCUT2D eigenvalue weighted by Gasteiger charge is 2.42. The van der Waals surface area contributed by atoms with Crippen LogP contribution in [-0.4, -0.2) is 40.4 Å². The second-order valence-electron chi connectivity index (χ2n) is 4.57. The molecule has 2 rings (SSSR count). The molecule has 8 heteroatoms. The van der Waals surface area contributed by atoms with Gasteiger partial charge in [0.15, 0.2) is 0 Å². The molecule has 1 aromatic heterocycles. The van der Waals surface area contributed by atoms with Gasteiger partial charge in [0.05, 0.1) is 18.2 Å². The maximum Gasteiger partial charge on any atom is 0.393 e. The van der Waals surface area contributed by atoms with Crippen molar-refractivity contribution in [2.75, 3.05) is 13.1 Å². The molecule has 2 amide bonds. The van der Waals surface area contributed by atoms with Crippen molar-refractivity contribution in [3.63, 3.8) is 0 Å². The van der Waals surface area contributed by atoms with Crippen LogP contribution in [0.15, 0.2) is 12.3 Å². The molecule has 0 radical (unpaired) electrons. The van der Waals surface area contributed by atoms with Crippen molar-refractivity contribution < 1.29 is 18.0 Å². The van der Waals surface area contributed by atoms with Crippen LogP contribution in [0.5, 0.6) is 0 Å². The molecule has 0 aromatic carbocycles. The zero-order valence-electron chi connectivity index (χ0n) is 10.2. The quantitative estimate of drug-likeness (QED) is 0.866. The van der Waals surface area contributed by atoms with E-state index in [1.807, 2.05) is 0 Å². The number of hydrogen-bond donors (Lipinski definition) is 2. The van der Waals surface area contributed by atoms with Crippen molar-refractivity contribution in [1.29, 1.82) is 0 Å². The van der Waals surface area contributed by atoms with Gasteiger partial charge < -0.3 is 10.2 Å². The van der Waals surface area contributed by atoms with Gasteiger partial charge in [0.1, 0.15) is 0 Å². The highest BCUT2D eigenvalue weighted by molar-refractivity contribution is 5.74. The smallest absolute Gasteiger partial charge is 0.332 e. The first-order valence-electron chi connectivity index (χ1n) is 6.04. The summed E-state index contributed by atoms with van der Waals surface area (Å²) >= 11 is 0. The first-order chi connectivity index (χ1) is 8.97. The van der Waals surface area contributed by atoms with Crippen molar-refractivity contribution in [2.45, 2.75) is 25.6 Å². The summed E-state index contributed by atoms with van der Waals surface area (Å²) in [5.41, 5.74) is 0.706. The molecular formula is C11H15F3N4O. The van der Waals surface area contributed by atoms with Crippen LogP contribution in [-0.2, 0) is 6.54 Å². The van der Waals surface area contributed by atoms with Crippen molar-refractivity contribution in [3.05, 3.63) is 18.0 Å². The summed E-state index contributed by atoms with van der Waals surface area (Å²) in [5, 5.41) is 8.96. The molecule has 1 atom stereocenters. The van der Waals surface area contributed by atoms with Crippen LogP contribution in [0.1, 0.15) is 18.5 Å². The van der Waals surface area contributed by atoms with Gasteiger partial charge in [-0.2, -0.15) is 18.3 Å². The van der Waals surface area contributed by atoms with E-state index in [1.165, 1.54) is 4.90 Å². The molecule has 0 unspecified atom stereocenters. The van der Waals surface area contributed by atoms with Crippen LogP contribution >= 0.6 is 0 Å². The molecule has 1 saturated heterocycles. The average Bonchev–Trinajstić information content (AvgIpc) is 2.88. The van der Waals surface area contributed by atoms with E-state index >= 15 is 0 Å². The monoisotopic (exact) mass is 276 g/mol. The highest BCUT2D eigenvalue weighted by Crippen LogP contribution is 2.33. The van der Waals surface area contributed by atoms with Gasteiger partial charge in [-0.1, -0.05) is 0 Å². The third-order valence-corrected chi connectivity index (χ3v) is 3.16. The number of amides is 2. The molecular weight excluding hydrogens is 261 g/mol. The first-order valence-corrected chi connectivity index (χ1v) is 6.04. The number of aromatic nitrogens is 2. The number of halogens is 3. The maximum atomic E-state index is 12.6. The molecule has 2 N–H and O–H groups in total. The Labute approximate surface area is 108 Å². The maximum absolute atomic E-state index is 12.6. The number of nitrogens with zero attached hydrogens (tertiary/aromatic N) is 2. The van der Waals surface area contributed by atoms with E-state index in [-0.39, 0.29) is 19.5 Å². The van der Waals surface area contributed by atoms with Crippen LogP contribution in [0.2, 0.25) is 0 Å². The molecule has 19 heavy (non-hydrogen) atoms. The third kappa shape index (κ3) is 3.62. The average molecular weight is 276 g/mol. The van der Waals surface area contributed by atoms with Gasteiger partial charge in [0.2, 0.25) is 0 Å². The number of nitrogens with one attached hydrogen (secondary N) is 2. The second-order valence-corrected chi connectivity index (χ2v) is 4.57. The van der Waals surface area contributed by atoms with Gasteiger partial charge in [0, 0.05) is 19.3 Å². The number of urea groups is 1. The lowest BCUT2D eigenvalue weighted by atomic mass is 9.98. The lowest BCUT2D eigenvalue weighted by Crippen LogP contribution is -2.48. The molecule has 0 aliphatic carbocycles. The molecule has 1 aliphatic rings. The Morgan fingerprint density at radius 2 is 2.37 bits per heavy atom. The minimum Gasteiger partial charge on any atom is -0.332 e. The number of piperidine rings is 1. The normalized spacial score (nSPS) is 20.4. The number of carbonyl (C=O) groups excluding carboxylic acids is 1. The fourth-order valence-corrected chi connectivity index (χ4v) is 2.09. The molecule has 1 aromatic rings. The van der Waals surface area contributed by atoms with Gasteiger partial charge in [-0.3, -0.25) is 5.10 Å². The number of likely N-dealkylation sites (tertiary alicyclic amines) is 1. The minimum atomic E-state index is -4.23. The summed E-state index contributed by atoms with van der Waals surface area (Å²) in [4.78, 5) is 13.0. The van der Waals surface area contributed by atoms with Gasteiger partial charge in [-0.15, -0.1) is 0 Å².